The van der Waals surface area contributed by atoms with E-state index in [2.05, 4.69) is 50.3 Å². The average molecular weight is 975 g/mol. The second kappa shape index (κ2) is 15.1. The number of ketones is 1. The lowest BCUT2D eigenvalue weighted by Gasteiger charge is -2.60. The fourth-order valence-electron chi connectivity index (χ4n) is 13.0. The van der Waals surface area contributed by atoms with Crippen molar-refractivity contribution in [2.75, 3.05) is 15.5 Å². The highest BCUT2D eigenvalue weighted by Crippen LogP contribution is 2.70. The van der Waals surface area contributed by atoms with E-state index in [1.807, 2.05) is 22.6 Å². The van der Waals surface area contributed by atoms with E-state index >= 15 is 0 Å². The topological polar surface area (TPSA) is 174 Å². The van der Waals surface area contributed by atoms with Gasteiger partial charge in [0.1, 0.15) is 42.4 Å². The van der Waals surface area contributed by atoms with Crippen molar-refractivity contribution in [2.45, 2.75) is 165 Å². The number of hydrogen-bond donors (Lipinski definition) is 5. The number of aliphatic hydroxyl groups is 5. The van der Waals surface area contributed by atoms with E-state index in [-0.39, 0.29) is 34.9 Å². The summed E-state index contributed by atoms with van der Waals surface area (Å²) in [4.78, 5) is 14.5. The lowest BCUT2D eigenvalue weighted by atomic mass is 9.44. The molecule has 8 fully saturated rings. The molecule has 53 heavy (non-hydrogen) atoms. The molecule has 0 aromatic heterocycles. The Morgan fingerprint density at radius 3 is 2.19 bits per heavy atom. The van der Waals surface area contributed by atoms with Gasteiger partial charge < -0.3 is 54.0 Å². The highest BCUT2D eigenvalue weighted by atomic mass is 127. The molecule has 22 atom stereocenters. The molecule has 302 valence electrons. The molecule has 1 spiro atoms. The monoisotopic (exact) mass is 974 g/mol. The number of alkyl halides is 2. The summed E-state index contributed by atoms with van der Waals surface area (Å²) in [5, 5.41) is 53.8. The van der Waals surface area contributed by atoms with Crippen molar-refractivity contribution in [1.29, 1.82) is 0 Å². The van der Waals surface area contributed by atoms with Crippen LogP contribution in [0.15, 0.2) is 0 Å². The molecule has 4 heterocycles. The Labute approximate surface area is 340 Å². The zero-order valence-corrected chi connectivity index (χ0v) is 35.6. The quantitative estimate of drug-likeness (QED) is 0.149. The summed E-state index contributed by atoms with van der Waals surface area (Å²) in [6.07, 6.45) is -4.08. The summed E-state index contributed by atoms with van der Waals surface area (Å²) in [6, 6.07) is 0. The number of halogens is 2. The Kier molecular flexibility index (Phi) is 11.5. The molecule has 0 aromatic carbocycles. The molecular weight excluding hydrogens is 914 g/mol. The van der Waals surface area contributed by atoms with Crippen molar-refractivity contribution >= 4 is 51.0 Å². The van der Waals surface area contributed by atoms with Crippen molar-refractivity contribution in [3.8, 4) is 0 Å². The molecule has 4 saturated heterocycles. The van der Waals surface area contributed by atoms with Gasteiger partial charge in [0, 0.05) is 33.5 Å². The van der Waals surface area contributed by atoms with E-state index in [1.165, 1.54) is 0 Å². The minimum absolute atomic E-state index is 0.0265. The third-order valence-corrected chi connectivity index (χ3v) is 17.5. The molecule has 0 aromatic rings. The van der Waals surface area contributed by atoms with Crippen molar-refractivity contribution in [2.24, 2.45) is 52.3 Å². The minimum atomic E-state index is -1.55. The zero-order chi connectivity index (χ0) is 37.8. The maximum absolute atomic E-state index is 14.5. The maximum atomic E-state index is 14.5. The van der Waals surface area contributed by atoms with Crippen LogP contribution >= 0.6 is 45.2 Å². The molecule has 0 radical (unpaired) electrons. The van der Waals surface area contributed by atoms with E-state index < -0.39 is 67.2 Å². The fraction of sp³-hybridized carbons (Fsp3) is 0.974. The summed E-state index contributed by atoms with van der Waals surface area (Å²) in [5.41, 5.74) is -0.202. The van der Waals surface area contributed by atoms with Gasteiger partial charge in [0.2, 0.25) is 0 Å². The predicted octanol–water partition coefficient (Wildman–Crippen LogP) is 3.51. The fourth-order valence-corrected chi connectivity index (χ4v) is 14.4. The maximum Gasteiger partial charge on any atom is 0.187 e. The third kappa shape index (κ3) is 6.56. The van der Waals surface area contributed by atoms with Crippen molar-refractivity contribution < 1.29 is 58.7 Å². The van der Waals surface area contributed by atoms with Crippen LogP contribution in [0.1, 0.15) is 85.5 Å². The summed E-state index contributed by atoms with van der Waals surface area (Å²) < 4.78 is 38.6. The SMILES string of the molecule is C[C@@H]1CC[C@@]2(OC1)OC1C[C@H]3[C@@H]4CC[C@H]5C[C@@H](O[C@@H]6O[C@H](CI)[C@@H](O[C@@H]7O[C@H](CI)[C@@H](O)[C@H](O)[C@H]7O)[C@H](O)[C@H]6O)CC[C@]5(C)[C@H]4C(=O)C[C@]3(C)C1[C@@H]2C. The number of carbonyl (C=O) groups excluding carboxylic acids is 1. The van der Waals surface area contributed by atoms with Gasteiger partial charge >= 0.3 is 0 Å². The smallest absolute Gasteiger partial charge is 0.187 e. The molecule has 5 N–H and O–H groups in total. The Morgan fingerprint density at radius 1 is 0.792 bits per heavy atom. The number of ether oxygens (including phenoxy) is 6. The minimum Gasteiger partial charge on any atom is -0.388 e. The molecule has 8 aliphatic rings. The largest absolute Gasteiger partial charge is 0.388 e. The molecule has 4 aliphatic heterocycles. The van der Waals surface area contributed by atoms with Crippen molar-refractivity contribution in [1.82, 2.24) is 0 Å². The van der Waals surface area contributed by atoms with Gasteiger partial charge in [0.25, 0.3) is 0 Å². The molecule has 12 nitrogen and oxygen atoms in total. The van der Waals surface area contributed by atoms with Gasteiger partial charge in [-0.3, -0.25) is 4.79 Å². The van der Waals surface area contributed by atoms with Crippen LogP contribution in [0.5, 0.6) is 0 Å². The van der Waals surface area contributed by atoms with Crippen LogP contribution < -0.4 is 0 Å². The number of fused-ring (bicyclic) bond motifs is 7. The summed E-state index contributed by atoms with van der Waals surface area (Å²) >= 11 is 4.14. The third-order valence-electron chi connectivity index (χ3n) is 15.8. The molecular formula is C39H60I2O12. The number of rotatable bonds is 6. The first-order valence-corrected chi connectivity index (χ1v) is 23.2. The van der Waals surface area contributed by atoms with Crippen LogP contribution in [-0.4, -0.2) is 126 Å². The normalized spacial score (nSPS) is 58.2. The first-order valence-electron chi connectivity index (χ1n) is 20.1. The summed E-state index contributed by atoms with van der Waals surface area (Å²) in [7, 11) is 0. The van der Waals surface area contributed by atoms with Gasteiger partial charge in [0.15, 0.2) is 18.4 Å². The number of Topliss-reactive ketones (excluding diaryl/α,β-unsaturated/α-hetero) is 1. The predicted molar refractivity (Wildman–Crippen MR) is 207 cm³/mol. The van der Waals surface area contributed by atoms with E-state index in [4.69, 9.17) is 28.4 Å². The summed E-state index contributed by atoms with van der Waals surface area (Å²) in [5.74, 6) is 2.23. The Bertz CT molecular complexity index is 1350. The molecule has 2 unspecified atom stereocenters. The number of hydrogen-bond acceptors (Lipinski definition) is 12. The first kappa shape index (κ1) is 40.5. The van der Waals surface area contributed by atoms with Gasteiger partial charge in [-0.15, -0.1) is 0 Å². The first-order chi connectivity index (χ1) is 25.2. The molecule has 4 aliphatic carbocycles. The van der Waals surface area contributed by atoms with Gasteiger partial charge in [-0.1, -0.05) is 72.9 Å². The molecule has 8 rings (SSSR count). The van der Waals surface area contributed by atoms with Crippen LogP contribution in [-0.2, 0) is 33.2 Å². The van der Waals surface area contributed by atoms with Crippen molar-refractivity contribution in [3.05, 3.63) is 0 Å². The Hall–Kier alpha value is 0.690. The van der Waals surface area contributed by atoms with Crippen LogP contribution in [0.2, 0.25) is 0 Å². The molecule has 14 heteroatoms. The van der Waals surface area contributed by atoms with Crippen LogP contribution in [0.3, 0.4) is 0 Å². The highest BCUT2D eigenvalue weighted by molar-refractivity contribution is 14.1. The Balaban J connectivity index is 0.911. The van der Waals surface area contributed by atoms with Gasteiger partial charge in [0.05, 0.1) is 31.0 Å². The standard InChI is InChI=1S/C39H60I2O12/c1-17-7-10-39(48-16-17)18(2)27-24(53-39)12-22-21-6-5-19-11-20(8-9-37(19,3)28(21)23(42)13-38(22,27)4)49-35-33(47)31(45)34(26(15-41)51-35)52-36-32(46)30(44)29(43)25(14-40)50-36/h17-22,24-36,43-47H,5-16H2,1-4H3/t17-,18+,19+,20+,21+,22+,24?,25-,26-,27?,28-,29-,30+,31-,32-,33-,34-,35-,36+,37+,38+,39-/m1/s1. The van der Waals surface area contributed by atoms with E-state index in [0.29, 0.717) is 50.6 Å². The molecule has 0 bridgehead atoms. The van der Waals surface area contributed by atoms with E-state index in [9.17, 15) is 30.3 Å². The second-order valence-electron chi connectivity index (χ2n) is 18.6. The lowest BCUT2D eigenvalue weighted by molar-refractivity contribution is -0.356. The van der Waals surface area contributed by atoms with Gasteiger partial charge in [-0.2, -0.15) is 0 Å². The van der Waals surface area contributed by atoms with Crippen molar-refractivity contribution in [3.63, 3.8) is 0 Å². The van der Waals surface area contributed by atoms with Crippen LogP contribution in [0.4, 0.5) is 0 Å². The second-order valence-corrected chi connectivity index (χ2v) is 20.4. The molecule has 0 amide bonds. The average Bonchev–Trinajstić information content (AvgIpc) is 3.57. The van der Waals surface area contributed by atoms with E-state index in [0.717, 1.165) is 58.0 Å². The number of aliphatic hydroxyl groups excluding tert-OH is 5. The van der Waals surface area contributed by atoms with Crippen LogP contribution in [0.25, 0.3) is 0 Å². The Morgan fingerprint density at radius 2 is 1.49 bits per heavy atom. The van der Waals surface area contributed by atoms with Crippen LogP contribution in [0, 0.1) is 52.3 Å². The summed E-state index contributed by atoms with van der Waals surface area (Å²) in [6.45, 7) is 10.0. The van der Waals surface area contributed by atoms with E-state index in [1.54, 1.807) is 0 Å². The molecule has 4 saturated carbocycles. The zero-order valence-electron chi connectivity index (χ0n) is 31.3. The highest BCUT2D eigenvalue weighted by Gasteiger charge is 2.71. The van der Waals surface area contributed by atoms with Gasteiger partial charge in [-0.05, 0) is 85.4 Å². The number of carbonyl (C=O) groups is 1. The van der Waals surface area contributed by atoms with Gasteiger partial charge in [-0.25, -0.2) is 0 Å². The lowest BCUT2D eigenvalue weighted by Crippen LogP contribution is -2.64.